The molecule has 0 radical (unpaired) electrons. The lowest BCUT2D eigenvalue weighted by molar-refractivity contribution is 0.595. The van der Waals surface area contributed by atoms with Crippen LogP contribution in [0.5, 0.6) is 0 Å². The molecule has 6 heteroatoms. The van der Waals surface area contributed by atoms with Crippen LogP contribution in [0, 0.1) is 5.82 Å². The molecule has 2 rings (SSSR count). The summed E-state index contributed by atoms with van der Waals surface area (Å²) >= 11 is 0. The molecule has 100 valence electrons. The van der Waals surface area contributed by atoms with Crippen LogP contribution in [-0.2, 0) is 13.1 Å². The standard InChI is InChI=1S/C13H14FN3O2/c1-2-16-8-11(15)12(18)17(13(16)19)7-9-4-3-5-10(14)6-9/h3-6,8H,2,7,15H2,1H3. The molecular weight excluding hydrogens is 249 g/mol. The molecule has 0 atom stereocenters. The largest absolute Gasteiger partial charge is 0.393 e. The molecule has 0 spiro atoms. The number of aromatic nitrogens is 2. The van der Waals surface area contributed by atoms with Crippen molar-refractivity contribution in [3.63, 3.8) is 0 Å². The number of aryl methyl sites for hydroxylation is 1. The molecule has 1 heterocycles. The molecule has 0 saturated carbocycles. The van der Waals surface area contributed by atoms with Crippen molar-refractivity contribution in [2.24, 2.45) is 0 Å². The van der Waals surface area contributed by atoms with Gasteiger partial charge in [-0.15, -0.1) is 0 Å². The minimum atomic E-state index is -0.557. The maximum absolute atomic E-state index is 13.1. The summed E-state index contributed by atoms with van der Waals surface area (Å²) in [6.45, 7) is 2.19. The number of benzene rings is 1. The molecule has 5 nitrogen and oxygen atoms in total. The Bertz CT molecular complexity index is 719. The van der Waals surface area contributed by atoms with Crippen LogP contribution >= 0.6 is 0 Å². The van der Waals surface area contributed by atoms with E-state index >= 15 is 0 Å². The van der Waals surface area contributed by atoms with E-state index < -0.39 is 17.1 Å². The fraction of sp³-hybridized carbons (Fsp3) is 0.231. The van der Waals surface area contributed by atoms with Crippen molar-refractivity contribution in [1.82, 2.24) is 9.13 Å². The lowest BCUT2D eigenvalue weighted by Gasteiger charge is -2.10. The maximum atomic E-state index is 13.1. The van der Waals surface area contributed by atoms with Crippen molar-refractivity contribution in [1.29, 1.82) is 0 Å². The number of nitrogens with two attached hydrogens (primary N) is 1. The molecule has 1 aromatic carbocycles. The summed E-state index contributed by atoms with van der Waals surface area (Å²) in [7, 11) is 0. The molecule has 0 unspecified atom stereocenters. The van der Waals surface area contributed by atoms with E-state index in [-0.39, 0.29) is 12.2 Å². The third kappa shape index (κ3) is 2.57. The Kier molecular flexibility index (Phi) is 3.50. The Morgan fingerprint density at radius 3 is 2.68 bits per heavy atom. The second-order valence-corrected chi connectivity index (χ2v) is 4.17. The number of hydrogen-bond donors (Lipinski definition) is 1. The Morgan fingerprint density at radius 1 is 1.32 bits per heavy atom. The molecule has 2 aromatic rings. The van der Waals surface area contributed by atoms with Gasteiger partial charge in [0.1, 0.15) is 11.5 Å². The summed E-state index contributed by atoms with van der Waals surface area (Å²) in [5, 5.41) is 0. The first-order chi connectivity index (χ1) is 9.02. The van der Waals surface area contributed by atoms with Crippen LogP contribution in [0.4, 0.5) is 10.1 Å². The Morgan fingerprint density at radius 2 is 2.05 bits per heavy atom. The van der Waals surface area contributed by atoms with Crippen molar-refractivity contribution in [3.8, 4) is 0 Å². The third-order valence-corrected chi connectivity index (χ3v) is 2.83. The van der Waals surface area contributed by atoms with Crippen LogP contribution in [-0.4, -0.2) is 9.13 Å². The minimum absolute atomic E-state index is 0.000463. The van der Waals surface area contributed by atoms with Crippen LogP contribution in [0.25, 0.3) is 0 Å². The zero-order valence-electron chi connectivity index (χ0n) is 10.5. The van der Waals surface area contributed by atoms with Gasteiger partial charge in [0, 0.05) is 12.7 Å². The highest BCUT2D eigenvalue weighted by Gasteiger charge is 2.09. The SMILES string of the molecule is CCn1cc(N)c(=O)n(Cc2cccc(F)c2)c1=O. The third-order valence-electron chi connectivity index (χ3n) is 2.83. The average molecular weight is 263 g/mol. The van der Waals surface area contributed by atoms with Gasteiger partial charge in [-0.3, -0.25) is 13.9 Å². The first-order valence-corrected chi connectivity index (χ1v) is 5.87. The molecule has 0 saturated heterocycles. The molecule has 2 N–H and O–H groups in total. The number of nitrogen functional groups attached to an aromatic ring is 1. The molecule has 0 bridgehead atoms. The van der Waals surface area contributed by atoms with E-state index in [0.29, 0.717) is 12.1 Å². The van der Waals surface area contributed by atoms with Gasteiger partial charge in [-0.05, 0) is 24.6 Å². The van der Waals surface area contributed by atoms with Gasteiger partial charge in [-0.2, -0.15) is 0 Å². The lowest BCUT2D eigenvalue weighted by atomic mass is 10.2. The van der Waals surface area contributed by atoms with E-state index in [2.05, 4.69) is 0 Å². The van der Waals surface area contributed by atoms with Crippen molar-refractivity contribution in [2.75, 3.05) is 5.73 Å². The predicted octanol–water partition coefficient (Wildman–Crippen LogP) is 0.799. The van der Waals surface area contributed by atoms with Gasteiger partial charge < -0.3 is 5.73 Å². The van der Waals surface area contributed by atoms with Crippen LogP contribution in [0.2, 0.25) is 0 Å². The van der Waals surface area contributed by atoms with Crippen LogP contribution in [0.3, 0.4) is 0 Å². The second kappa shape index (κ2) is 5.09. The highest BCUT2D eigenvalue weighted by Crippen LogP contribution is 2.04. The van der Waals surface area contributed by atoms with Gasteiger partial charge in [0.25, 0.3) is 5.56 Å². The van der Waals surface area contributed by atoms with E-state index in [4.69, 9.17) is 5.73 Å². The molecule has 1 aromatic heterocycles. The average Bonchev–Trinajstić information content (AvgIpc) is 2.39. The normalized spacial score (nSPS) is 10.6. The summed E-state index contributed by atoms with van der Waals surface area (Å²) in [4.78, 5) is 23.9. The Labute approximate surface area is 108 Å². The van der Waals surface area contributed by atoms with E-state index in [1.54, 1.807) is 13.0 Å². The highest BCUT2D eigenvalue weighted by atomic mass is 19.1. The Balaban J connectivity index is 2.54. The van der Waals surface area contributed by atoms with Gasteiger partial charge >= 0.3 is 5.69 Å². The lowest BCUT2D eigenvalue weighted by Crippen LogP contribution is -2.40. The topological polar surface area (TPSA) is 70.0 Å². The smallest absolute Gasteiger partial charge is 0.331 e. The Hall–Kier alpha value is -2.37. The number of anilines is 1. The first kappa shape index (κ1) is 13.1. The minimum Gasteiger partial charge on any atom is -0.393 e. The quantitative estimate of drug-likeness (QED) is 0.890. The zero-order valence-corrected chi connectivity index (χ0v) is 10.5. The van der Waals surface area contributed by atoms with E-state index in [1.165, 1.54) is 29.0 Å². The molecule has 19 heavy (non-hydrogen) atoms. The first-order valence-electron chi connectivity index (χ1n) is 5.87. The molecule has 0 aliphatic carbocycles. The summed E-state index contributed by atoms with van der Waals surface area (Å²) in [5.41, 5.74) is 5.11. The number of hydrogen-bond acceptors (Lipinski definition) is 3. The van der Waals surface area contributed by atoms with Gasteiger partial charge in [0.05, 0.1) is 6.54 Å². The van der Waals surface area contributed by atoms with Gasteiger partial charge in [-0.25, -0.2) is 9.18 Å². The van der Waals surface area contributed by atoms with Crippen molar-refractivity contribution >= 4 is 5.69 Å². The van der Waals surface area contributed by atoms with Gasteiger partial charge in [0.15, 0.2) is 0 Å². The van der Waals surface area contributed by atoms with Gasteiger partial charge in [0.2, 0.25) is 0 Å². The van der Waals surface area contributed by atoms with Crippen LogP contribution in [0.1, 0.15) is 12.5 Å². The summed E-state index contributed by atoms with van der Waals surface area (Å²) in [6.07, 6.45) is 1.33. The van der Waals surface area contributed by atoms with Gasteiger partial charge in [-0.1, -0.05) is 12.1 Å². The fourth-order valence-electron chi connectivity index (χ4n) is 1.86. The van der Waals surface area contributed by atoms with Crippen molar-refractivity contribution in [2.45, 2.75) is 20.0 Å². The van der Waals surface area contributed by atoms with Crippen LogP contribution < -0.4 is 17.0 Å². The molecule has 0 fully saturated rings. The molecule has 0 aliphatic rings. The predicted molar refractivity (Wildman–Crippen MR) is 70.6 cm³/mol. The molecule has 0 aliphatic heterocycles. The van der Waals surface area contributed by atoms with Crippen molar-refractivity contribution < 1.29 is 4.39 Å². The summed E-state index contributed by atoms with van der Waals surface area (Å²) < 4.78 is 15.5. The molecular formula is C13H14FN3O2. The highest BCUT2D eigenvalue weighted by molar-refractivity contribution is 5.31. The summed E-state index contributed by atoms with van der Waals surface area (Å²) in [5.74, 6) is -0.412. The second-order valence-electron chi connectivity index (χ2n) is 4.17. The number of rotatable bonds is 3. The van der Waals surface area contributed by atoms with E-state index in [0.717, 1.165) is 4.57 Å². The maximum Gasteiger partial charge on any atom is 0.331 e. The number of nitrogens with zero attached hydrogens (tertiary/aromatic N) is 2. The van der Waals surface area contributed by atoms with E-state index in [1.807, 2.05) is 0 Å². The van der Waals surface area contributed by atoms with Crippen LogP contribution in [0.15, 0.2) is 40.1 Å². The molecule has 0 amide bonds. The zero-order chi connectivity index (χ0) is 14.0. The van der Waals surface area contributed by atoms with E-state index in [9.17, 15) is 14.0 Å². The monoisotopic (exact) mass is 263 g/mol. The van der Waals surface area contributed by atoms with Crippen molar-refractivity contribution in [3.05, 3.63) is 62.7 Å². The number of halogens is 1. The summed E-state index contributed by atoms with van der Waals surface area (Å²) in [6, 6.07) is 5.76. The fourth-order valence-corrected chi connectivity index (χ4v) is 1.86.